The molecule has 1 saturated heterocycles. The van der Waals surface area contributed by atoms with E-state index in [0.717, 1.165) is 16.1 Å². The van der Waals surface area contributed by atoms with Crippen LogP contribution in [0.5, 0.6) is 0 Å². The average molecular weight is 381 g/mol. The summed E-state index contributed by atoms with van der Waals surface area (Å²) in [5, 5.41) is 5.57. The Morgan fingerprint density at radius 3 is 2.86 bits per heavy atom. The van der Waals surface area contributed by atoms with Crippen molar-refractivity contribution in [3.05, 3.63) is 39.1 Å². The largest absolute Gasteiger partial charge is 0.353 e. The molecule has 22 heavy (non-hydrogen) atoms. The number of hydrogen-bond donors (Lipinski definition) is 2. The van der Waals surface area contributed by atoms with Crippen molar-refractivity contribution >= 4 is 50.6 Å². The van der Waals surface area contributed by atoms with Crippen LogP contribution in [0.2, 0.25) is 0 Å². The Kier molecular flexibility index (Phi) is 4.39. The van der Waals surface area contributed by atoms with Gasteiger partial charge in [-0.05, 0) is 40.2 Å². The van der Waals surface area contributed by atoms with E-state index in [1.54, 1.807) is 24.4 Å². The first kappa shape index (κ1) is 15.0. The Balaban J connectivity index is 1.66. The number of carbonyl (C=O) groups excluding carboxylic acids is 2. The number of hydrogen-bond acceptors (Lipinski definition) is 5. The summed E-state index contributed by atoms with van der Waals surface area (Å²) in [6, 6.07) is 7.19. The van der Waals surface area contributed by atoms with Crippen molar-refractivity contribution in [1.29, 1.82) is 0 Å². The van der Waals surface area contributed by atoms with Crippen LogP contribution in [0.4, 0.5) is 11.5 Å². The molecule has 3 heterocycles. The molecule has 1 fully saturated rings. The van der Waals surface area contributed by atoms with Crippen molar-refractivity contribution < 1.29 is 9.59 Å². The summed E-state index contributed by atoms with van der Waals surface area (Å²) in [7, 11) is 0. The maximum absolute atomic E-state index is 12.0. The number of nitrogens with zero attached hydrogens (tertiary/aromatic N) is 2. The van der Waals surface area contributed by atoms with Crippen LogP contribution in [-0.2, 0) is 4.79 Å². The quantitative estimate of drug-likeness (QED) is 0.854. The summed E-state index contributed by atoms with van der Waals surface area (Å²) in [5.41, 5.74) is 0.625. The van der Waals surface area contributed by atoms with Crippen LogP contribution in [0.15, 0.2) is 34.2 Å². The van der Waals surface area contributed by atoms with Crippen molar-refractivity contribution in [3.8, 4) is 0 Å². The highest BCUT2D eigenvalue weighted by Gasteiger charge is 2.17. The van der Waals surface area contributed by atoms with Crippen molar-refractivity contribution in [1.82, 2.24) is 10.3 Å². The molecule has 0 aromatic carbocycles. The molecule has 0 aliphatic carbocycles. The Hall–Kier alpha value is -1.93. The third kappa shape index (κ3) is 3.45. The third-order valence-electron chi connectivity index (χ3n) is 3.17. The van der Waals surface area contributed by atoms with Gasteiger partial charge in [0.05, 0.1) is 27.1 Å². The second kappa shape index (κ2) is 6.45. The number of nitrogens with one attached hydrogen (secondary N) is 2. The predicted octanol–water partition coefficient (Wildman–Crippen LogP) is 2.09. The number of rotatable bonds is 3. The van der Waals surface area contributed by atoms with Crippen LogP contribution in [0.1, 0.15) is 9.67 Å². The predicted molar refractivity (Wildman–Crippen MR) is 89.4 cm³/mol. The molecule has 0 atom stereocenters. The van der Waals surface area contributed by atoms with Gasteiger partial charge in [-0.1, -0.05) is 0 Å². The topological polar surface area (TPSA) is 74.3 Å². The fourth-order valence-corrected chi connectivity index (χ4v) is 3.39. The molecule has 114 valence electrons. The first-order valence-electron chi connectivity index (χ1n) is 6.66. The van der Waals surface area contributed by atoms with Gasteiger partial charge in [-0.3, -0.25) is 9.59 Å². The van der Waals surface area contributed by atoms with E-state index in [1.165, 1.54) is 11.3 Å². The van der Waals surface area contributed by atoms with Gasteiger partial charge < -0.3 is 15.5 Å². The molecule has 1 aliphatic heterocycles. The molecule has 0 radical (unpaired) electrons. The molecule has 0 bridgehead atoms. The fraction of sp³-hybridized carbons (Fsp3) is 0.214. The minimum Gasteiger partial charge on any atom is -0.353 e. The highest BCUT2D eigenvalue weighted by atomic mass is 79.9. The van der Waals surface area contributed by atoms with Gasteiger partial charge in [0.25, 0.3) is 5.91 Å². The Bertz CT molecular complexity index is 701. The Labute approximate surface area is 139 Å². The van der Waals surface area contributed by atoms with Crippen LogP contribution in [0.3, 0.4) is 0 Å². The molecular formula is C14H13BrN4O2S. The highest BCUT2D eigenvalue weighted by Crippen LogP contribution is 2.23. The molecule has 2 aromatic rings. The molecule has 2 N–H and O–H groups in total. The summed E-state index contributed by atoms with van der Waals surface area (Å²) in [5.74, 6) is 0.558. The second-order valence-electron chi connectivity index (χ2n) is 4.73. The van der Waals surface area contributed by atoms with Crippen molar-refractivity contribution in [2.45, 2.75) is 0 Å². The minimum atomic E-state index is -0.164. The van der Waals surface area contributed by atoms with Gasteiger partial charge in [0.15, 0.2) is 0 Å². The van der Waals surface area contributed by atoms with Gasteiger partial charge in [0.1, 0.15) is 5.82 Å². The van der Waals surface area contributed by atoms with Crippen LogP contribution in [-0.4, -0.2) is 36.4 Å². The lowest BCUT2D eigenvalue weighted by Crippen LogP contribution is -2.48. The van der Waals surface area contributed by atoms with E-state index >= 15 is 0 Å². The zero-order valence-electron chi connectivity index (χ0n) is 11.5. The molecule has 0 saturated carbocycles. The normalized spacial score (nSPS) is 14.6. The molecule has 0 unspecified atom stereocenters. The number of pyridine rings is 1. The molecular weight excluding hydrogens is 368 g/mol. The SMILES string of the molecule is O=C1CN(c2ccc(NC(=O)c3ccc(Br)s3)cn2)CCN1. The molecule has 2 aromatic heterocycles. The lowest BCUT2D eigenvalue weighted by Gasteiger charge is -2.27. The first-order chi connectivity index (χ1) is 10.6. The molecule has 6 nitrogen and oxygen atoms in total. The Morgan fingerprint density at radius 1 is 1.36 bits per heavy atom. The molecule has 0 spiro atoms. The lowest BCUT2D eigenvalue weighted by atomic mass is 10.3. The third-order valence-corrected chi connectivity index (χ3v) is 4.79. The van der Waals surface area contributed by atoms with E-state index in [2.05, 4.69) is 31.5 Å². The highest BCUT2D eigenvalue weighted by molar-refractivity contribution is 9.11. The molecule has 1 aliphatic rings. The Morgan fingerprint density at radius 2 is 2.23 bits per heavy atom. The minimum absolute atomic E-state index is 0.00583. The van der Waals surface area contributed by atoms with E-state index in [1.807, 2.05) is 11.0 Å². The van der Waals surface area contributed by atoms with Crippen molar-refractivity contribution in [3.63, 3.8) is 0 Å². The number of aromatic nitrogens is 1. The first-order valence-corrected chi connectivity index (χ1v) is 8.27. The number of halogens is 1. The van der Waals surface area contributed by atoms with E-state index in [0.29, 0.717) is 23.7 Å². The second-order valence-corrected chi connectivity index (χ2v) is 7.20. The van der Waals surface area contributed by atoms with E-state index in [9.17, 15) is 9.59 Å². The number of amides is 2. The van der Waals surface area contributed by atoms with Gasteiger partial charge in [0.2, 0.25) is 5.91 Å². The van der Waals surface area contributed by atoms with Crippen molar-refractivity contribution in [2.75, 3.05) is 29.9 Å². The maximum atomic E-state index is 12.0. The van der Waals surface area contributed by atoms with E-state index in [4.69, 9.17) is 0 Å². The van der Waals surface area contributed by atoms with Crippen LogP contribution >= 0.6 is 27.3 Å². The van der Waals surface area contributed by atoms with E-state index < -0.39 is 0 Å². The smallest absolute Gasteiger partial charge is 0.265 e. The number of piperazine rings is 1. The van der Waals surface area contributed by atoms with Gasteiger partial charge in [-0.15, -0.1) is 11.3 Å². The number of thiophene rings is 1. The summed E-state index contributed by atoms with van der Waals surface area (Å²) >= 11 is 4.71. The average Bonchev–Trinajstić information content (AvgIpc) is 2.95. The summed E-state index contributed by atoms with van der Waals surface area (Å²) in [6.45, 7) is 1.65. The van der Waals surface area contributed by atoms with E-state index in [-0.39, 0.29) is 11.8 Å². The van der Waals surface area contributed by atoms with Crippen LogP contribution < -0.4 is 15.5 Å². The lowest BCUT2D eigenvalue weighted by molar-refractivity contribution is -0.120. The molecule has 8 heteroatoms. The van der Waals surface area contributed by atoms with Crippen LogP contribution in [0, 0.1) is 0 Å². The maximum Gasteiger partial charge on any atom is 0.265 e. The molecule has 3 rings (SSSR count). The number of carbonyl (C=O) groups is 2. The van der Waals surface area contributed by atoms with Gasteiger partial charge >= 0.3 is 0 Å². The molecule has 2 amide bonds. The number of anilines is 2. The van der Waals surface area contributed by atoms with Crippen LogP contribution in [0.25, 0.3) is 0 Å². The summed E-state index contributed by atoms with van der Waals surface area (Å²) in [4.78, 5) is 30.3. The van der Waals surface area contributed by atoms with Gasteiger partial charge in [-0.25, -0.2) is 4.98 Å². The summed E-state index contributed by atoms with van der Waals surface area (Å²) < 4.78 is 0.912. The monoisotopic (exact) mass is 380 g/mol. The summed E-state index contributed by atoms with van der Waals surface area (Å²) in [6.07, 6.45) is 1.60. The standard InChI is InChI=1S/C14H13BrN4O2S/c15-11-3-2-10(22-11)14(21)18-9-1-4-12(17-7-9)19-6-5-16-13(20)8-19/h1-4,7H,5-6,8H2,(H,16,20)(H,18,21). The zero-order chi connectivity index (χ0) is 15.5. The van der Waals surface area contributed by atoms with Gasteiger partial charge in [-0.2, -0.15) is 0 Å². The van der Waals surface area contributed by atoms with Gasteiger partial charge in [0, 0.05) is 13.1 Å². The zero-order valence-corrected chi connectivity index (χ0v) is 13.9. The van der Waals surface area contributed by atoms with Crippen molar-refractivity contribution in [2.24, 2.45) is 0 Å². The fourth-order valence-electron chi connectivity index (χ4n) is 2.11.